The van der Waals surface area contributed by atoms with Crippen molar-refractivity contribution in [1.29, 1.82) is 0 Å². The minimum atomic E-state index is 0.119. The van der Waals surface area contributed by atoms with Crippen LogP contribution in [0.25, 0.3) is 0 Å². The summed E-state index contributed by atoms with van der Waals surface area (Å²) in [7, 11) is 0.119. The van der Waals surface area contributed by atoms with E-state index in [4.69, 9.17) is 0 Å². The number of hydrogen-bond donors (Lipinski definition) is 0. The fourth-order valence-electron chi connectivity index (χ4n) is 1.36. The molecule has 1 atom stereocenters. The zero-order chi connectivity index (χ0) is 9.10. The van der Waals surface area contributed by atoms with Crippen LogP contribution in [0.1, 0.15) is 5.56 Å². The van der Waals surface area contributed by atoms with Gasteiger partial charge in [-0.2, -0.15) is 0 Å². The van der Waals surface area contributed by atoms with E-state index < -0.39 is 0 Å². The van der Waals surface area contributed by atoms with Crippen molar-refractivity contribution in [1.82, 2.24) is 0 Å². The van der Waals surface area contributed by atoms with Crippen LogP contribution in [-0.2, 0) is 6.42 Å². The molecule has 66 valence electrons. The molecule has 1 aliphatic rings. The lowest BCUT2D eigenvalue weighted by molar-refractivity contribution is 1.25. The van der Waals surface area contributed by atoms with Gasteiger partial charge in [-0.05, 0) is 15.9 Å². The SMILES string of the molecule is C=S1C=CC=C1Cc1ccccc1. The minimum Gasteiger partial charge on any atom is -0.142 e. The van der Waals surface area contributed by atoms with Gasteiger partial charge in [-0.25, -0.2) is 0 Å². The summed E-state index contributed by atoms with van der Waals surface area (Å²) in [5.41, 5.74) is 1.37. The molecule has 0 N–H and O–H groups in total. The topological polar surface area (TPSA) is 0 Å². The fraction of sp³-hybridized carbons (Fsp3) is 0.0833. The quantitative estimate of drug-likeness (QED) is 0.624. The average molecular weight is 188 g/mol. The van der Waals surface area contributed by atoms with E-state index in [0.717, 1.165) is 6.42 Å². The molecule has 1 heteroatoms. The molecule has 2 rings (SSSR count). The molecule has 13 heavy (non-hydrogen) atoms. The molecule has 0 saturated heterocycles. The van der Waals surface area contributed by atoms with Gasteiger partial charge in [0, 0.05) is 6.42 Å². The van der Waals surface area contributed by atoms with Crippen LogP contribution in [0.15, 0.2) is 52.8 Å². The van der Waals surface area contributed by atoms with Crippen molar-refractivity contribution in [3.8, 4) is 0 Å². The maximum absolute atomic E-state index is 4.09. The Labute approximate surface area is 81.5 Å². The third-order valence-electron chi connectivity index (χ3n) is 2.08. The van der Waals surface area contributed by atoms with E-state index in [9.17, 15) is 0 Å². The molecule has 1 unspecified atom stereocenters. The van der Waals surface area contributed by atoms with Crippen molar-refractivity contribution in [2.75, 3.05) is 0 Å². The third kappa shape index (κ3) is 1.99. The van der Waals surface area contributed by atoms with Crippen LogP contribution in [0.5, 0.6) is 0 Å². The van der Waals surface area contributed by atoms with Gasteiger partial charge < -0.3 is 0 Å². The first-order valence-electron chi connectivity index (χ1n) is 4.30. The highest BCUT2D eigenvalue weighted by Gasteiger charge is 2.03. The molecular formula is C12H12S. The summed E-state index contributed by atoms with van der Waals surface area (Å²) in [5, 5.41) is 2.16. The van der Waals surface area contributed by atoms with E-state index in [1.54, 1.807) is 0 Å². The van der Waals surface area contributed by atoms with E-state index in [-0.39, 0.29) is 10.5 Å². The van der Waals surface area contributed by atoms with Crippen molar-refractivity contribution in [3.63, 3.8) is 0 Å². The van der Waals surface area contributed by atoms with Gasteiger partial charge in [-0.1, -0.05) is 48.4 Å². The Morgan fingerprint density at radius 2 is 1.92 bits per heavy atom. The van der Waals surface area contributed by atoms with Crippen LogP contribution in [0, 0.1) is 0 Å². The normalized spacial score (nSPS) is 20.3. The van der Waals surface area contributed by atoms with Crippen molar-refractivity contribution < 1.29 is 0 Å². The van der Waals surface area contributed by atoms with Gasteiger partial charge in [-0.3, -0.25) is 0 Å². The summed E-state index contributed by atoms with van der Waals surface area (Å²) in [6, 6.07) is 10.5. The molecule has 0 amide bonds. The minimum absolute atomic E-state index is 0.119. The van der Waals surface area contributed by atoms with E-state index in [1.165, 1.54) is 10.5 Å². The van der Waals surface area contributed by atoms with Gasteiger partial charge in [0.1, 0.15) is 0 Å². The largest absolute Gasteiger partial charge is 0.142 e. The Hall–Kier alpha value is -1.08. The highest BCUT2D eigenvalue weighted by molar-refractivity contribution is 8.20. The van der Waals surface area contributed by atoms with Crippen LogP contribution >= 0.6 is 10.5 Å². The van der Waals surface area contributed by atoms with Gasteiger partial charge in [-0.15, -0.1) is 10.5 Å². The van der Waals surface area contributed by atoms with Crippen LogP contribution in [0.2, 0.25) is 0 Å². The first-order valence-corrected chi connectivity index (χ1v) is 5.76. The molecule has 0 aliphatic carbocycles. The number of benzene rings is 1. The Bertz CT molecular complexity index is 371. The van der Waals surface area contributed by atoms with Crippen LogP contribution in [0.3, 0.4) is 0 Å². The summed E-state index contributed by atoms with van der Waals surface area (Å²) >= 11 is 0. The molecule has 0 fully saturated rings. The Kier molecular flexibility index (Phi) is 2.46. The van der Waals surface area contributed by atoms with E-state index in [0.29, 0.717) is 0 Å². The number of hydrogen-bond acceptors (Lipinski definition) is 0. The molecule has 0 nitrogen and oxygen atoms in total. The first kappa shape index (κ1) is 8.52. The van der Waals surface area contributed by atoms with Crippen LogP contribution in [0.4, 0.5) is 0 Å². The van der Waals surface area contributed by atoms with Crippen molar-refractivity contribution in [3.05, 3.63) is 58.4 Å². The molecule has 0 radical (unpaired) electrons. The molecule has 0 bridgehead atoms. The second kappa shape index (κ2) is 3.75. The second-order valence-corrected chi connectivity index (χ2v) is 4.71. The maximum atomic E-state index is 4.09. The van der Waals surface area contributed by atoms with Gasteiger partial charge in [0.2, 0.25) is 0 Å². The lowest BCUT2D eigenvalue weighted by atomic mass is 10.1. The molecule has 0 saturated carbocycles. The van der Waals surface area contributed by atoms with Gasteiger partial charge in [0.05, 0.1) is 0 Å². The summed E-state index contributed by atoms with van der Waals surface area (Å²) in [6.45, 7) is 0. The van der Waals surface area contributed by atoms with E-state index in [2.05, 4.69) is 53.8 Å². The molecule has 1 aromatic rings. The molecule has 1 aromatic carbocycles. The Morgan fingerprint density at radius 1 is 1.15 bits per heavy atom. The standard InChI is InChI=1S/C12H12S/c1-13-9-5-8-12(13)10-11-6-3-2-4-7-11/h2-9H,1,10H2. The maximum Gasteiger partial charge on any atom is 0.00326 e. The first-order chi connectivity index (χ1) is 6.36. The van der Waals surface area contributed by atoms with Crippen LogP contribution < -0.4 is 0 Å². The number of allylic oxidation sites excluding steroid dienone is 3. The zero-order valence-electron chi connectivity index (χ0n) is 7.44. The van der Waals surface area contributed by atoms with Crippen LogP contribution in [-0.4, -0.2) is 5.87 Å². The smallest absolute Gasteiger partial charge is 0.00326 e. The molecule has 0 spiro atoms. The third-order valence-corrected chi connectivity index (χ3v) is 3.52. The average Bonchev–Trinajstić information content (AvgIpc) is 2.54. The predicted octanol–water partition coefficient (Wildman–Crippen LogP) is 3.34. The Morgan fingerprint density at radius 3 is 2.54 bits per heavy atom. The van der Waals surface area contributed by atoms with Crippen molar-refractivity contribution in [2.45, 2.75) is 6.42 Å². The second-order valence-electron chi connectivity index (χ2n) is 3.05. The van der Waals surface area contributed by atoms with Gasteiger partial charge in [0.15, 0.2) is 0 Å². The monoisotopic (exact) mass is 188 g/mol. The molecule has 1 aliphatic heterocycles. The molecule has 0 aromatic heterocycles. The summed E-state index contributed by atoms with van der Waals surface area (Å²) in [6.07, 6.45) is 5.33. The highest BCUT2D eigenvalue weighted by Crippen LogP contribution is 2.31. The van der Waals surface area contributed by atoms with Crippen molar-refractivity contribution in [2.24, 2.45) is 0 Å². The van der Waals surface area contributed by atoms with E-state index >= 15 is 0 Å². The number of rotatable bonds is 2. The summed E-state index contributed by atoms with van der Waals surface area (Å²) in [5.74, 6) is 4.09. The molecule has 1 heterocycles. The fourth-order valence-corrected chi connectivity index (χ4v) is 2.41. The summed E-state index contributed by atoms with van der Waals surface area (Å²) in [4.78, 5) is 1.44. The lowest BCUT2D eigenvalue weighted by Crippen LogP contribution is -1.84. The van der Waals surface area contributed by atoms with Gasteiger partial charge in [0.25, 0.3) is 0 Å². The Balaban J connectivity index is 2.12. The lowest BCUT2D eigenvalue weighted by Gasteiger charge is -2.04. The zero-order valence-corrected chi connectivity index (χ0v) is 8.26. The molecular weight excluding hydrogens is 176 g/mol. The van der Waals surface area contributed by atoms with Gasteiger partial charge >= 0.3 is 0 Å². The summed E-state index contributed by atoms with van der Waals surface area (Å²) < 4.78 is 0. The van der Waals surface area contributed by atoms with Crippen molar-refractivity contribution >= 4 is 16.4 Å². The predicted molar refractivity (Wildman–Crippen MR) is 62.1 cm³/mol. The highest BCUT2D eigenvalue weighted by atomic mass is 32.2. The van der Waals surface area contributed by atoms with E-state index in [1.807, 2.05) is 0 Å².